The van der Waals surface area contributed by atoms with Gasteiger partial charge in [-0.25, -0.2) is 4.98 Å². The Hall–Kier alpha value is -1.35. The zero-order chi connectivity index (χ0) is 11.5. The molecule has 2 nitrogen and oxygen atoms in total. The standard InChI is InChI=1S/C13H15NOS/c1-4-15-12-7-5-11(6-8-12)13-9(2)16-10(3)14-13/h5-8H,4H2,1-3H3. The van der Waals surface area contributed by atoms with E-state index in [1.54, 1.807) is 11.3 Å². The van der Waals surface area contributed by atoms with Crippen LogP contribution in [0.5, 0.6) is 5.75 Å². The van der Waals surface area contributed by atoms with Gasteiger partial charge < -0.3 is 4.74 Å². The Morgan fingerprint density at radius 1 is 1.19 bits per heavy atom. The summed E-state index contributed by atoms with van der Waals surface area (Å²) in [6.07, 6.45) is 0. The average Bonchev–Trinajstić information content (AvgIpc) is 2.59. The lowest BCUT2D eigenvalue weighted by Gasteiger charge is -2.03. The molecule has 0 radical (unpaired) electrons. The Balaban J connectivity index is 2.31. The Labute approximate surface area is 99.9 Å². The van der Waals surface area contributed by atoms with Gasteiger partial charge in [0, 0.05) is 10.4 Å². The summed E-state index contributed by atoms with van der Waals surface area (Å²) >= 11 is 1.74. The first-order valence-corrected chi connectivity index (χ1v) is 6.19. The molecule has 0 atom stereocenters. The van der Waals surface area contributed by atoms with Gasteiger partial charge in [0.05, 0.1) is 17.3 Å². The number of aromatic nitrogens is 1. The van der Waals surface area contributed by atoms with Crippen LogP contribution in [0.1, 0.15) is 16.8 Å². The lowest BCUT2D eigenvalue weighted by molar-refractivity contribution is 0.340. The first-order chi connectivity index (χ1) is 7.70. The molecule has 0 saturated heterocycles. The van der Waals surface area contributed by atoms with Crippen LogP contribution < -0.4 is 4.74 Å². The van der Waals surface area contributed by atoms with Crippen LogP contribution in [0.3, 0.4) is 0 Å². The van der Waals surface area contributed by atoms with Gasteiger partial charge in [-0.1, -0.05) is 0 Å². The molecular weight excluding hydrogens is 218 g/mol. The van der Waals surface area contributed by atoms with Gasteiger partial charge >= 0.3 is 0 Å². The van der Waals surface area contributed by atoms with Gasteiger partial charge in [0.1, 0.15) is 5.75 Å². The molecule has 0 N–H and O–H groups in total. The number of ether oxygens (including phenoxy) is 1. The molecule has 0 fully saturated rings. The Bertz CT molecular complexity index is 473. The summed E-state index contributed by atoms with van der Waals surface area (Å²) in [6.45, 7) is 6.84. The highest BCUT2D eigenvalue weighted by Gasteiger charge is 2.07. The molecular formula is C13H15NOS. The van der Waals surface area contributed by atoms with E-state index in [0.29, 0.717) is 6.61 Å². The topological polar surface area (TPSA) is 22.1 Å². The largest absolute Gasteiger partial charge is 0.494 e. The second-order valence-corrected chi connectivity index (χ2v) is 5.00. The molecule has 0 saturated carbocycles. The van der Waals surface area contributed by atoms with Crippen LogP contribution in [0.15, 0.2) is 24.3 Å². The Kier molecular flexibility index (Phi) is 3.25. The van der Waals surface area contributed by atoms with Crippen LogP contribution in [0.2, 0.25) is 0 Å². The molecule has 16 heavy (non-hydrogen) atoms. The van der Waals surface area contributed by atoms with E-state index in [1.807, 2.05) is 26.0 Å². The zero-order valence-electron chi connectivity index (χ0n) is 9.78. The molecule has 0 aliphatic heterocycles. The van der Waals surface area contributed by atoms with E-state index in [-0.39, 0.29) is 0 Å². The van der Waals surface area contributed by atoms with Gasteiger partial charge in [-0.05, 0) is 45.0 Å². The summed E-state index contributed by atoms with van der Waals surface area (Å²) in [5.41, 5.74) is 2.25. The fraction of sp³-hybridized carbons (Fsp3) is 0.308. The fourth-order valence-electron chi connectivity index (χ4n) is 1.67. The average molecular weight is 233 g/mol. The molecule has 1 aromatic carbocycles. The molecule has 0 spiro atoms. The molecule has 0 amide bonds. The van der Waals surface area contributed by atoms with Gasteiger partial charge in [-0.3, -0.25) is 0 Å². The van der Waals surface area contributed by atoms with Crippen molar-refractivity contribution in [2.45, 2.75) is 20.8 Å². The number of aryl methyl sites for hydroxylation is 2. The highest BCUT2D eigenvalue weighted by Crippen LogP contribution is 2.28. The number of benzene rings is 1. The molecule has 0 aliphatic carbocycles. The third kappa shape index (κ3) is 2.25. The van der Waals surface area contributed by atoms with E-state index in [9.17, 15) is 0 Å². The number of hydrogen-bond donors (Lipinski definition) is 0. The van der Waals surface area contributed by atoms with Gasteiger partial charge in [0.25, 0.3) is 0 Å². The number of thiazole rings is 1. The summed E-state index contributed by atoms with van der Waals surface area (Å²) in [7, 11) is 0. The van der Waals surface area contributed by atoms with Crippen LogP contribution in [-0.4, -0.2) is 11.6 Å². The highest BCUT2D eigenvalue weighted by atomic mass is 32.1. The molecule has 0 unspecified atom stereocenters. The van der Waals surface area contributed by atoms with Crippen LogP contribution in [-0.2, 0) is 0 Å². The summed E-state index contributed by atoms with van der Waals surface area (Å²) in [5, 5.41) is 1.11. The first-order valence-electron chi connectivity index (χ1n) is 5.38. The van der Waals surface area contributed by atoms with Crippen molar-refractivity contribution in [3.05, 3.63) is 34.2 Å². The van der Waals surface area contributed by atoms with Crippen LogP contribution in [0.4, 0.5) is 0 Å². The van der Waals surface area contributed by atoms with E-state index in [0.717, 1.165) is 22.0 Å². The quantitative estimate of drug-likeness (QED) is 0.804. The zero-order valence-corrected chi connectivity index (χ0v) is 10.6. The smallest absolute Gasteiger partial charge is 0.119 e. The molecule has 3 heteroatoms. The fourth-order valence-corrected chi connectivity index (χ4v) is 2.51. The molecule has 1 heterocycles. The Morgan fingerprint density at radius 2 is 1.88 bits per heavy atom. The summed E-state index contributed by atoms with van der Waals surface area (Å²) in [4.78, 5) is 5.80. The molecule has 2 aromatic rings. The maximum absolute atomic E-state index is 5.41. The van der Waals surface area contributed by atoms with E-state index >= 15 is 0 Å². The maximum atomic E-state index is 5.41. The van der Waals surface area contributed by atoms with E-state index in [2.05, 4.69) is 24.0 Å². The SMILES string of the molecule is CCOc1ccc(-c2nc(C)sc2C)cc1. The van der Waals surface area contributed by atoms with Gasteiger partial charge in [0.15, 0.2) is 0 Å². The molecule has 0 bridgehead atoms. The van der Waals surface area contributed by atoms with Crippen molar-refractivity contribution in [3.63, 3.8) is 0 Å². The number of nitrogens with zero attached hydrogens (tertiary/aromatic N) is 1. The summed E-state index contributed by atoms with van der Waals surface area (Å²) in [6, 6.07) is 8.11. The number of rotatable bonds is 3. The van der Waals surface area contributed by atoms with Gasteiger partial charge in [-0.15, -0.1) is 11.3 Å². The molecule has 2 rings (SSSR count). The second-order valence-electron chi connectivity index (χ2n) is 3.60. The second kappa shape index (κ2) is 4.66. The van der Waals surface area contributed by atoms with Crippen LogP contribution in [0.25, 0.3) is 11.3 Å². The lowest BCUT2D eigenvalue weighted by Crippen LogP contribution is -1.90. The van der Waals surface area contributed by atoms with E-state index < -0.39 is 0 Å². The van der Waals surface area contributed by atoms with Crippen molar-refractivity contribution >= 4 is 11.3 Å². The van der Waals surface area contributed by atoms with Crippen molar-refractivity contribution in [3.8, 4) is 17.0 Å². The van der Waals surface area contributed by atoms with E-state index in [1.165, 1.54) is 4.88 Å². The van der Waals surface area contributed by atoms with Crippen LogP contribution >= 0.6 is 11.3 Å². The lowest BCUT2D eigenvalue weighted by atomic mass is 10.1. The van der Waals surface area contributed by atoms with Crippen molar-refractivity contribution < 1.29 is 4.74 Å². The minimum atomic E-state index is 0.703. The normalized spacial score (nSPS) is 10.4. The minimum absolute atomic E-state index is 0.703. The van der Waals surface area contributed by atoms with E-state index in [4.69, 9.17) is 4.74 Å². The molecule has 0 aliphatic rings. The highest BCUT2D eigenvalue weighted by molar-refractivity contribution is 7.11. The minimum Gasteiger partial charge on any atom is -0.494 e. The van der Waals surface area contributed by atoms with Gasteiger partial charge in [0.2, 0.25) is 0 Å². The summed E-state index contributed by atoms with van der Waals surface area (Å²) in [5.74, 6) is 0.913. The van der Waals surface area contributed by atoms with Crippen molar-refractivity contribution in [2.24, 2.45) is 0 Å². The summed E-state index contributed by atoms with van der Waals surface area (Å²) < 4.78 is 5.41. The first kappa shape index (κ1) is 11.1. The number of hydrogen-bond acceptors (Lipinski definition) is 3. The maximum Gasteiger partial charge on any atom is 0.119 e. The van der Waals surface area contributed by atoms with Gasteiger partial charge in [-0.2, -0.15) is 0 Å². The van der Waals surface area contributed by atoms with Crippen LogP contribution in [0, 0.1) is 13.8 Å². The Morgan fingerprint density at radius 3 is 2.38 bits per heavy atom. The predicted octanol–water partition coefficient (Wildman–Crippen LogP) is 3.83. The van der Waals surface area contributed by atoms with Crippen molar-refractivity contribution in [1.29, 1.82) is 0 Å². The van der Waals surface area contributed by atoms with Crippen molar-refractivity contribution in [2.75, 3.05) is 6.61 Å². The predicted molar refractivity (Wildman–Crippen MR) is 68.2 cm³/mol. The third-order valence-corrected chi connectivity index (χ3v) is 3.23. The molecule has 1 aromatic heterocycles. The monoisotopic (exact) mass is 233 g/mol. The molecule has 84 valence electrons. The third-order valence-electron chi connectivity index (χ3n) is 2.34. The van der Waals surface area contributed by atoms with Crippen molar-refractivity contribution in [1.82, 2.24) is 4.98 Å².